The van der Waals surface area contributed by atoms with Crippen LogP contribution in [0.15, 0.2) is 59.1 Å². The zero-order valence-corrected chi connectivity index (χ0v) is 16.3. The molecule has 0 spiro atoms. The summed E-state index contributed by atoms with van der Waals surface area (Å²) in [5, 5.41) is 9.69. The fourth-order valence-electron chi connectivity index (χ4n) is 3.83. The molecule has 1 amide bonds. The molecule has 1 atom stereocenters. The monoisotopic (exact) mass is 394 g/mol. The van der Waals surface area contributed by atoms with Crippen molar-refractivity contribution in [1.29, 1.82) is 0 Å². The standard InChI is InChI=1S/C23H23FN2O3/c1-23(15-27)11-6-12-26(14-23)22(28)17-8-3-2-7-16(17)21-25-13-20(29-21)18-9-4-5-10-19(18)24/h2-5,7-10,13,27H,6,11-12,14-15H2,1H3/t23-/m1/s1. The molecule has 2 heterocycles. The number of oxazole rings is 1. The molecule has 4 rings (SSSR count). The van der Waals surface area contributed by atoms with Gasteiger partial charge in [-0.05, 0) is 37.1 Å². The molecular weight excluding hydrogens is 371 g/mol. The number of hydrogen-bond acceptors (Lipinski definition) is 4. The Morgan fingerprint density at radius 1 is 1.21 bits per heavy atom. The molecule has 6 heteroatoms. The van der Waals surface area contributed by atoms with Crippen LogP contribution >= 0.6 is 0 Å². The van der Waals surface area contributed by atoms with Crippen molar-refractivity contribution >= 4 is 5.91 Å². The summed E-state index contributed by atoms with van der Waals surface area (Å²) in [6, 6.07) is 13.5. The molecule has 0 aliphatic carbocycles. The highest BCUT2D eigenvalue weighted by molar-refractivity contribution is 6.00. The van der Waals surface area contributed by atoms with Crippen LogP contribution in [0.1, 0.15) is 30.1 Å². The van der Waals surface area contributed by atoms with E-state index in [0.717, 1.165) is 12.8 Å². The van der Waals surface area contributed by atoms with E-state index < -0.39 is 5.82 Å². The number of benzene rings is 2. The first-order valence-electron chi connectivity index (χ1n) is 9.71. The zero-order valence-electron chi connectivity index (χ0n) is 16.3. The molecule has 1 saturated heterocycles. The summed E-state index contributed by atoms with van der Waals surface area (Å²) >= 11 is 0. The van der Waals surface area contributed by atoms with Gasteiger partial charge in [-0.1, -0.05) is 31.2 Å². The van der Waals surface area contributed by atoms with E-state index in [0.29, 0.717) is 35.5 Å². The summed E-state index contributed by atoms with van der Waals surface area (Å²) < 4.78 is 19.9. The predicted molar refractivity (Wildman–Crippen MR) is 108 cm³/mol. The number of aliphatic hydroxyl groups is 1. The Kier molecular flexibility index (Phi) is 5.20. The number of hydrogen-bond donors (Lipinski definition) is 1. The van der Waals surface area contributed by atoms with Crippen molar-refractivity contribution in [3.8, 4) is 22.8 Å². The molecular formula is C23H23FN2O3. The first-order chi connectivity index (χ1) is 14.0. The van der Waals surface area contributed by atoms with Gasteiger partial charge in [-0.2, -0.15) is 0 Å². The van der Waals surface area contributed by atoms with Gasteiger partial charge < -0.3 is 14.4 Å². The number of rotatable bonds is 4. The Bertz CT molecular complexity index is 1030. The van der Waals surface area contributed by atoms with Gasteiger partial charge in [-0.15, -0.1) is 0 Å². The second-order valence-electron chi connectivity index (χ2n) is 7.85. The van der Waals surface area contributed by atoms with E-state index >= 15 is 0 Å². The maximum absolute atomic E-state index is 14.1. The average molecular weight is 394 g/mol. The largest absolute Gasteiger partial charge is 0.436 e. The third-order valence-electron chi connectivity index (χ3n) is 5.48. The third kappa shape index (κ3) is 3.80. The highest BCUT2D eigenvalue weighted by Crippen LogP contribution is 2.33. The van der Waals surface area contributed by atoms with Crippen LogP contribution in [0, 0.1) is 11.2 Å². The molecule has 29 heavy (non-hydrogen) atoms. The summed E-state index contributed by atoms with van der Waals surface area (Å²) in [5.41, 5.74) is 1.09. The van der Waals surface area contributed by atoms with Crippen LogP contribution in [0.3, 0.4) is 0 Å². The number of amides is 1. The van der Waals surface area contributed by atoms with Gasteiger partial charge in [0.05, 0.1) is 23.9 Å². The van der Waals surface area contributed by atoms with E-state index in [1.807, 2.05) is 13.0 Å². The lowest BCUT2D eigenvalue weighted by atomic mass is 9.82. The number of likely N-dealkylation sites (tertiary alicyclic amines) is 1. The van der Waals surface area contributed by atoms with E-state index in [4.69, 9.17) is 4.42 Å². The fraction of sp³-hybridized carbons (Fsp3) is 0.304. The van der Waals surface area contributed by atoms with Gasteiger partial charge >= 0.3 is 0 Å². The minimum absolute atomic E-state index is 0.0458. The van der Waals surface area contributed by atoms with Crippen LogP contribution in [0.4, 0.5) is 4.39 Å². The topological polar surface area (TPSA) is 66.6 Å². The quantitative estimate of drug-likeness (QED) is 0.713. The summed E-state index contributed by atoms with van der Waals surface area (Å²) in [7, 11) is 0. The summed E-state index contributed by atoms with van der Waals surface area (Å²) in [6.45, 7) is 3.19. The van der Waals surface area contributed by atoms with E-state index in [-0.39, 0.29) is 23.8 Å². The van der Waals surface area contributed by atoms with Gasteiger partial charge in [-0.3, -0.25) is 4.79 Å². The maximum Gasteiger partial charge on any atom is 0.254 e. The Labute approximate surface area is 168 Å². The molecule has 1 aliphatic rings. The van der Waals surface area contributed by atoms with Gasteiger partial charge in [0.2, 0.25) is 5.89 Å². The minimum atomic E-state index is -0.392. The van der Waals surface area contributed by atoms with Crippen molar-refractivity contribution in [2.75, 3.05) is 19.7 Å². The predicted octanol–water partition coefficient (Wildman–Crippen LogP) is 4.38. The Balaban J connectivity index is 1.66. The summed E-state index contributed by atoms with van der Waals surface area (Å²) in [4.78, 5) is 19.3. The fourth-order valence-corrected chi connectivity index (χ4v) is 3.83. The first kappa shape index (κ1) is 19.3. The first-order valence-corrected chi connectivity index (χ1v) is 9.71. The Hall–Kier alpha value is -2.99. The van der Waals surface area contributed by atoms with Gasteiger partial charge in [0.1, 0.15) is 5.82 Å². The van der Waals surface area contributed by atoms with Crippen LogP contribution in [0.2, 0.25) is 0 Å². The molecule has 3 aromatic rings. The highest BCUT2D eigenvalue weighted by Gasteiger charge is 2.33. The molecule has 150 valence electrons. The molecule has 1 N–H and O–H groups in total. The molecule has 0 radical (unpaired) electrons. The van der Waals surface area contributed by atoms with Crippen LogP contribution in [0.25, 0.3) is 22.8 Å². The number of aliphatic hydroxyl groups excluding tert-OH is 1. The van der Waals surface area contributed by atoms with Gasteiger partial charge in [-0.25, -0.2) is 9.37 Å². The number of aromatic nitrogens is 1. The van der Waals surface area contributed by atoms with Crippen LogP contribution in [-0.2, 0) is 0 Å². The second-order valence-corrected chi connectivity index (χ2v) is 7.85. The average Bonchev–Trinajstić information content (AvgIpc) is 3.23. The number of carbonyl (C=O) groups is 1. The normalized spacial score (nSPS) is 19.3. The van der Waals surface area contributed by atoms with E-state index in [1.165, 1.54) is 12.3 Å². The third-order valence-corrected chi connectivity index (χ3v) is 5.48. The van der Waals surface area contributed by atoms with Crippen LogP contribution in [0.5, 0.6) is 0 Å². The lowest BCUT2D eigenvalue weighted by molar-refractivity contribution is 0.0358. The lowest BCUT2D eigenvalue weighted by Crippen LogP contribution is -2.46. The van der Waals surface area contributed by atoms with Crippen molar-refractivity contribution in [3.63, 3.8) is 0 Å². The summed E-state index contributed by atoms with van der Waals surface area (Å²) in [5.74, 6) is 0.0714. The van der Waals surface area contributed by atoms with Gasteiger partial charge in [0, 0.05) is 24.1 Å². The van der Waals surface area contributed by atoms with Crippen molar-refractivity contribution in [2.24, 2.45) is 5.41 Å². The maximum atomic E-state index is 14.1. The van der Waals surface area contributed by atoms with E-state index in [1.54, 1.807) is 41.3 Å². The van der Waals surface area contributed by atoms with E-state index in [2.05, 4.69) is 4.98 Å². The highest BCUT2D eigenvalue weighted by atomic mass is 19.1. The minimum Gasteiger partial charge on any atom is -0.436 e. The smallest absolute Gasteiger partial charge is 0.254 e. The zero-order chi connectivity index (χ0) is 20.4. The van der Waals surface area contributed by atoms with Crippen molar-refractivity contribution in [2.45, 2.75) is 19.8 Å². The molecule has 1 aromatic heterocycles. The van der Waals surface area contributed by atoms with Gasteiger partial charge in [0.15, 0.2) is 5.76 Å². The number of nitrogens with zero attached hydrogens (tertiary/aromatic N) is 2. The molecule has 5 nitrogen and oxygen atoms in total. The number of piperidine rings is 1. The summed E-state index contributed by atoms with van der Waals surface area (Å²) in [6.07, 6.45) is 3.21. The Morgan fingerprint density at radius 2 is 1.93 bits per heavy atom. The van der Waals surface area contributed by atoms with Crippen molar-refractivity contribution < 1.29 is 18.7 Å². The van der Waals surface area contributed by atoms with E-state index in [9.17, 15) is 14.3 Å². The lowest BCUT2D eigenvalue weighted by Gasteiger charge is -2.39. The molecule has 2 aromatic carbocycles. The second kappa shape index (κ2) is 7.79. The van der Waals surface area contributed by atoms with Crippen LogP contribution in [-0.4, -0.2) is 40.6 Å². The molecule has 1 fully saturated rings. The molecule has 0 bridgehead atoms. The SMILES string of the molecule is C[C@@]1(CO)CCCN(C(=O)c2ccccc2-c2ncc(-c3ccccc3F)o2)C1. The van der Waals surface area contributed by atoms with Gasteiger partial charge in [0.25, 0.3) is 5.91 Å². The van der Waals surface area contributed by atoms with Crippen molar-refractivity contribution in [1.82, 2.24) is 9.88 Å². The van der Waals surface area contributed by atoms with Crippen molar-refractivity contribution in [3.05, 3.63) is 66.1 Å². The van der Waals surface area contributed by atoms with Crippen LogP contribution < -0.4 is 0 Å². The number of halogens is 1. The Morgan fingerprint density at radius 3 is 2.69 bits per heavy atom. The number of carbonyl (C=O) groups excluding carboxylic acids is 1. The molecule has 0 unspecified atom stereocenters. The molecule has 0 saturated carbocycles. The molecule has 1 aliphatic heterocycles.